The van der Waals surface area contributed by atoms with Gasteiger partial charge in [-0.1, -0.05) is 13.8 Å². The van der Waals surface area contributed by atoms with E-state index in [1.54, 1.807) is 18.9 Å². The van der Waals surface area contributed by atoms with Crippen LogP contribution in [-0.2, 0) is 9.59 Å². The van der Waals surface area contributed by atoms with Crippen molar-refractivity contribution in [3.8, 4) is 0 Å². The fourth-order valence-corrected chi connectivity index (χ4v) is 1.34. The molecule has 0 aliphatic heterocycles. The molecule has 2 N–H and O–H groups in total. The van der Waals surface area contributed by atoms with Gasteiger partial charge in [0.2, 0.25) is 11.8 Å². The van der Waals surface area contributed by atoms with Crippen molar-refractivity contribution in [2.45, 2.75) is 46.2 Å². The number of nitrogens with one attached hydrogen (secondary N) is 2. The van der Waals surface area contributed by atoms with E-state index in [0.29, 0.717) is 25.6 Å². The molecule has 0 fully saturated rings. The highest BCUT2D eigenvalue weighted by Gasteiger charge is 2.17. The third-order valence-corrected chi connectivity index (χ3v) is 2.50. The van der Waals surface area contributed by atoms with Crippen LogP contribution < -0.4 is 10.6 Å². The van der Waals surface area contributed by atoms with Crippen molar-refractivity contribution in [1.29, 1.82) is 0 Å². The first-order valence-electron chi connectivity index (χ1n) is 6.16. The lowest BCUT2D eigenvalue weighted by atomic mass is 10.2. The molecule has 17 heavy (non-hydrogen) atoms. The second-order valence-electron chi connectivity index (χ2n) is 4.50. The Morgan fingerprint density at radius 2 is 1.82 bits per heavy atom. The van der Waals surface area contributed by atoms with Gasteiger partial charge in [-0.2, -0.15) is 0 Å². The molecule has 0 aromatic carbocycles. The molecule has 0 aliphatic rings. The lowest BCUT2D eigenvalue weighted by molar-refractivity contribution is -0.134. The first kappa shape index (κ1) is 15.9. The quantitative estimate of drug-likeness (QED) is 0.678. The summed E-state index contributed by atoms with van der Waals surface area (Å²) in [6, 6.07) is -0.0837. The number of likely N-dealkylation sites (N-methyl/N-ethyl adjacent to an activating group) is 1. The Morgan fingerprint density at radius 1 is 1.24 bits per heavy atom. The maximum absolute atomic E-state index is 11.7. The molecule has 0 saturated carbocycles. The predicted molar refractivity (Wildman–Crippen MR) is 68.7 cm³/mol. The van der Waals surface area contributed by atoms with Crippen molar-refractivity contribution in [1.82, 2.24) is 15.5 Å². The van der Waals surface area contributed by atoms with Crippen molar-refractivity contribution < 1.29 is 9.59 Å². The summed E-state index contributed by atoms with van der Waals surface area (Å²) in [5.74, 6) is -0.152. The molecule has 0 aromatic rings. The van der Waals surface area contributed by atoms with Crippen molar-refractivity contribution in [3.63, 3.8) is 0 Å². The molecule has 0 aromatic heterocycles. The molecule has 0 heterocycles. The molecule has 0 rings (SSSR count). The van der Waals surface area contributed by atoms with E-state index in [-0.39, 0.29) is 11.8 Å². The molecule has 1 atom stereocenters. The lowest BCUT2D eigenvalue weighted by Gasteiger charge is -2.20. The maximum atomic E-state index is 11.7. The summed E-state index contributed by atoms with van der Waals surface area (Å²) in [6.07, 6.45) is 0.394. The molecule has 0 aliphatic carbocycles. The van der Waals surface area contributed by atoms with Crippen LogP contribution in [0.15, 0.2) is 0 Å². The van der Waals surface area contributed by atoms with Crippen molar-refractivity contribution >= 4 is 11.8 Å². The molecule has 2 amide bonds. The van der Waals surface area contributed by atoms with E-state index in [1.807, 2.05) is 20.8 Å². The van der Waals surface area contributed by atoms with Gasteiger partial charge in [0, 0.05) is 32.6 Å². The Labute approximate surface area is 104 Å². The van der Waals surface area contributed by atoms with Crippen LogP contribution in [0.4, 0.5) is 0 Å². The smallest absolute Gasteiger partial charge is 0.244 e. The van der Waals surface area contributed by atoms with Gasteiger partial charge in [0.25, 0.3) is 0 Å². The standard InChI is InChI=1S/C12H25N3O2/c1-6-15(5)12(17)10(4)14-11(16)7-8-13-9(2)3/h9-10,13H,6-8H2,1-5H3,(H,14,16). The molecule has 1 unspecified atom stereocenters. The summed E-state index contributed by atoms with van der Waals surface area (Å²) >= 11 is 0. The second kappa shape index (κ2) is 8.06. The van der Waals surface area contributed by atoms with Crippen LogP contribution in [-0.4, -0.2) is 48.9 Å². The Hall–Kier alpha value is -1.10. The topological polar surface area (TPSA) is 61.4 Å². The largest absolute Gasteiger partial charge is 0.345 e. The van der Waals surface area contributed by atoms with E-state index in [2.05, 4.69) is 10.6 Å². The Morgan fingerprint density at radius 3 is 2.29 bits per heavy atom. The fourth-order valence-electron chi connectivity index (χ4n) is 1.34. The SMILES string of the molecule is CCN(C)C(=O)C(C)NC(=O)CCNC(C)C. The van der Waals surface area contributed by atoms with Gasteiger partial charge >= 0.3 is 0 Å². The molecule has 0 bridgehead atoms. The van der Waals surface area contributed by atoms with Crippen LogP contribution in [0.5, 0.6) is 0 Å². The predicted octanol–water partition coefficient (Wildman–Crippen LogP) is 0.358. The first-order valence-corrected chi connectivity index (χ1v) is 6.16. The highest BCUT2D eigenvalue weighted by molar-refractivity contribution is 5.87. The number of nitrogens with zero attached hydrogens (tertiary/aromatic N) is 1. The Balaban J connectivity index is 3.91. The van der Waals surface area contributed by atoms with Gasteiger partial charge in [0.1, 0.15) is 6.04 Å². The highest BCUT2D eigenvalue weighted by Crippen LogP contribution is 1.92. The minimum Gasteiger partial charge on any atom is -0.345 e. The molecule has 5 heteroatoms. The first-order chi connectivity index (χ1) is 7.88. The molecule has 0 saturated heterocycles. The summed E-state index contributed by atoms with van der Waals surface area (Å²) in [4.78, 5) is 24.8. The third kappa shape index (κ3) is 6.94. The zero-order valence-electron chi connectivity index (χ0n) is 11.5. The van der Waals surface area contributed by atoms with Gasteiger partial charge < -0.3 is 15.5 Å². The van der Waals surface area contributed by atoms with E-state index in [9.17, 15) is 9.59 Å². The minimum absolute atomic E-state index is 0.0577. The van der Waals surface area contributed by atoms with E-state index < -0.39 is 6.04 Å². The highest BCUT2D eigenvalue weighted by atomic mass is 16.2. The third-order valence-electron chi connectivity index (χ3n) is 2.50. The summed E-state index contributed by atoms with van der Waals surface area (Å²) in [6.45, 7) is 8.95. The van der Waals surface area contributed by atoms with Crippen molar-refractivity contribution in [2.24, 2.45) is 0 Å². The van der Waals surface area contributed by atoms with E-state index >= 15 is 0 Å². The molecular formula is C12H25N3O2. The number of carbonyl (C=O) groups is 2. The van der Waals surface area contributed by atoms with Gasteiger partial charge in [-0.15, -0.1) is 0 Å². The maximum Gasteiger partial charge on any atom is 0.244 e. The van der Waals surface area contributed by atoms with E-state index in [4.69, 9.17) is 0 Å². The lowest BCUT2D eigenvalue weighted by Crippen LogP contribution is -2.46. The zero-order valence-corrected chi connectivity index (χ0v) is 11.5. The average Bonchev–Trinajstić information content (AvgIpc) is 2.26. The second-order valence-corrected chi connectivity index (χ2v) is 4.50. The van der Waals surface area contributed by atoms with Crippen LogP contribution in [0.3, 0.4) is 0 Å². The minimum atomic E-state index is -0.452. The number of rotatable bonds is 7. The molecule has 5 nitrogen and oxygen atoms in total. The van der Waals surface area contributed by atoms with E-state index in [0.717, 1.165) is 0 Å². The van der Waals surface area contributed by atoms with Crippen LogP contribution in [0.1, 0.15) is 34.1 Å². The number of hydrogen-bond donors (Lipinski definition) is 2. The fraction of sp³-hybridized carbons (Fsp3) is 0.833. The summed E-state index contributed by atoms with van der Waals surface area (Å²) < 4.78 is 0. The van der Waals surface area contributed by atoms with Gasteiger partial charge in [-0.25, -0.2) is 0 Å². The normalized spacial score (nSPS) is 12.4. The van der Waals surface area contributed by atoms with Crippen molar-refractivity contribution in [2.75, 3.05) is 20.1 Å². The zero-order chi connectivity index (χ0) is 13.4. The number of amides is 2. The van der Waals surface area contributed by atoms with Gasteiger partial charge in [-0.3, -0.25) is 9.59 Å². The van der Waals surface area contributed by atoms with Gasteiger partial charge in [0.05, 0.1) is 0 Å². The van der Waals surface area contributed by atoms with Gasteiger partial charge in [0.15, 0.2) is 0 Å². The number of carbonyl (C=O) groups excluding carboxylic acids is 2. The Bertz CT molecular complexity index is 254. The van der Waals surface area contributed by atoms with Crippen LogP contribution in [0, 0.1) is 0 Å². The molecule has 0 spiro atoms. The summed E-state index contributed by atoms with van der Waals surface area (Å²) in [5, 5.41) is 5.86. The summed E-state index contributed by atoms with van der Waals surface area (Å²) in [5.41, 5.74) is 0. The van der Waals surface area contributed by atoms with Crippen LogP contribution in [0.25, 0.3) is 0 Å². The number of hydrogen-bond acceptors (Lipinski definition) is 3. The summed E-state index contributed by atoms with van der Waals surface area (Å²) in [7, 11) is 1.73. The van der Waals surface area contributed by atoms with Gasteiger partial charge in [-0.05, 0) is 13.8 Å². The van der Waals surface area contributed by atoms with Crippen molar-refractivity contribution in [3.05, 3.63) is 0 Å². The molecular weight excluding hydrogens is 218 g/mol. The van der Waals surface area contributed by atoms with Crippen LogP contribution >= 0.6 is 0 Å². The van der Waals surface area contributed by atoms with Crippen LogP contribution in [0.2, 0.25) is 0 Å². The monoisotopic (exact) mass is 243 g/mol. The Kier molecular flexibility index (Phi) is 7.54. The molecule has 0 radical (unpaired) electrons. The van der Waals surface area contributed by atoms with E-state index in [1.165, 1.54) is 0 Å². The average molecular weight is 243 g/mol. The molecule has 100 valence electrons.